The Morgan fingerprint density at radius 1 is 1.06 bits per heavy atom. The molecule has 2 aliphatic rings. The molecule has 1 aromatic carbocycles. The maximum Gasteiger partial charge on any atom is 0.229 e. The zero-order valence-electron chi connectivity index (χ0n) is 18.4. The number of hydrogen-bond donors (Lipinski definition) is 3. The van der Waals surface area contributed by atoms with Gasteiger partial charge in [-0.2, -0.15) is 14.9 Å². The number of aromatic nitrogens is 4. The maximum atomic E-state index is 6.02. The maximum absolute atomic E-state index is 6.02. The van der Waals surface area contributed by atoms with E-state index in [4.69, 9.17) is 10.6 Å². The molecule has 1 saturated heterocycles. The van der Waals surface area contributed by atoms with Crippen LogP contribution in [0.25, 0.3) is 0 Å². The van der Waals surface area contributed by atoms with E-state index in [9.17, 15) is 0 Å². The molecule has 3 aromatic rings. The lowest BCUT2D eigenvalue weighted by Crippen LogP contribution is -2.37. The summed E-state index contributed by atoms with van der Waals surface area (Å²) >= 11 is 0. The Hall–Kier alpha value is -3.17. The highest BCUT2D eigenvalue weighted by atomic mass is 16.5. The third kappa shape index (κ3) is 5.17. The lowest BCUT2D eigenvalue weighted by molar-refractivity contribution is 0.0384. The summed E-state index contributed by atoms with van der Waals surface area (Å²) in [6, 6.07) is 12.4. The van der Waals surface area contributed by atoms with E-state index >= 15 is 0 Å². The molecule has 9 heteroatoms. The fraction of sp³-hybridized carbons (Fsp3) is 0.435. The molecule has 2 fully saturated rings. The smallest absolute Gasteiger partial charge is 0.229 e. The van der Waals surface area contributed by atoms with Crippen LogP contribution in [-0.4, -0.2) is 57.6 Å². The summed E-state index contributed by atoms with van der Waals surface area (Å²) in [6.07, 6.45) is 3.40. The SMILES string of the molecule is Cc1cc(Nc2cc(C3CC3)nn2N)nc(Nc2ccc(CCN3CCOCC3)cc2)n1. The zero-order valence-corrected chi connectivity index (χ0v) is 18.4. The topological polar surface area (TPSA) is 106 Å². The van der Waals surface area contributed by atoms with Gasteiger partial charge in [0.05, 0.1) is 18.9 Å². The van der Waals surface area contributed by atoms with Gasteiger partial charge in [-0.05, 0) is 43.9 Å². The number of nitrogens with zero attached hydrogens (tertiary/aromatic N) is 5. The standard InChI is InChI=1S/C23H30N8O/c1-16-14-21(27-22-15-20(18-4-5-18)29-31(22)24)28-23(25-16)26-19-6-2-17(3-7-19)8-9-30-10-12-32-13-11-30/h2-3,6-7,14-15,18H,4-5,8-13,24H2,1H3,(H2,25,26,27,28). The van der Waals surface area contributed by atoms with Gasteiger partial charge in [-0.1, -0.05) is 12.1 Å². The van der Waals surface area contributed by atoms with Crippen molar-refractivity contribution < 1.29 is 4.74 Å². The number of nitrogens with two attached hydrogens (primary N) is 1. The van der Waals surface area contributed by atoms with E-state index in [2.05, 4.69) is 54.9 Å². The van der Waals surface area contributed by atoms with Gasteiger partial charge in [-0.3, -0.25) is 4.90 Å². The van der Waals surface area contributed by atoms with Gasteiger partial charge < -0.3 is 21.2 Å². The monoisotopic (exact) mass is 434 g/mol. The summed E-state index contributed by atoms with van der Waals surface area (Å²) in [5.41, 5.74) is 4.17. The van der Waals surface area contributed by atoms with Gasteiger partial charge in [0.2, 0.25) is 5.95 Å². The Balaban J connectivity index is 1.21. The van der Waals surface area contributed by atoms with Gasteiger partial charge in [-0.15, -0.1) is 0 Å². The van der Waals surface area contributed by atoms with Crippen molar-refractivity contribution in [2.24, 2.45) is 0 Å². The molecule has 1 aliphatic heterocycles. The average molecular weight is 435 g/mol. The van der Waals surface area contributed by atoms with Crippen molar-refractivity contribution in [3.63, 3.8) is 0 Å². The van der Waals surface area contributed by atoms with Gasteiger partial charge in [0.15, 0.2) is 5.82 Å². The average Bonchev–Trinajstić information content (AvgIpc) is 3.58. The molecular weight excluding hydrogens is 404 g/mol. The Morgan fingerprint density at radius 2 is 1.84 bits per heavy atom. The van der Waals surface area contributed by atoms with E-state index in [1.165, 1.54) is 23.2 Å². The first kappa shape index (κ1) is 20.7. The molecule has 9 nitrogen and oxygen atoms in total. The first-order valence-electron chi connectivity index (χ1n) is 11.3. The fourth-order valence-electron chi connectivity index (χ4n) is 3.90. The van der Waals surface area contributed by atoms with Crippen LogP contribution in [0.15, 0.2) is 36.4 Å². The number of hydrogen-bond acceptors (Lipinski definition) is 8. The van der Waals surface area contributed by atoms with Crippen LogP contribution in [0.1, 0.15) is 35.7 Å². The summed E-state index contributed by atoms with van der Waals surface area (Å²) in [7, 11) is 0. The van der Waals surface area contributed by atoms with Crippen molar-refractivity contribution in [2.75, 3.05) is 49.3 Å². The molecule has 0 unspecified atom stereocenters. The van der Waals surface area contributed by atoms with Crippen LogP contribution in [0, 0.1) is 6.92 Å². The van der Waals surface area contributed by atoms with Gasteiger partial charge >= 0.3 is 0 Å². The minimum Gasteiger partial charge on any atom is -0.379 e. The Labute approximate surface area is 188 Å². The highest BCUT2D eigenvalue weighted by Gasteiger charge is 2.27. The van der Waals surface area contributed by atoms with Crippen molar-refractivity contribution in [3.8, 4) is 0 Å². The minimum atomic E-state index is 0.541. The third-order valence-corrected chi connectivity index (χ3v) is 5.89. The lowest BCUT2D eigenvalue weighted by Gasteiger charge is -2.26. The van der Waals surface area contributed by atoms with Crippen molar-refractivity contribution in [1.82, 2.24) is 24.8 Å². The van der Waals surface area contributed by atoms with Crippen LogP contribution in [0.2, 0.25) is 0 Å². The number of nitrogens with one attached hydrogen (secondary N) is 2. The first-order chi connectivity index (χ1) is 15.6. The van der Waals surface area contributed by atoms with Gasteiger partial charge in [0, 0.05) is 49.1 Å². The molecule has 0 atom stereocenters. The van der Waals surface area contributed by atoms with Crippen molar-refractivity contribution in [1.29, 1.82) is 0 Å². The van der Waals surface area contributed by atoms with Gasteiger partial charge in [-0.25, -0.2) is 4.98 Å². The molecule has 3 heterocycles. The molecule has 168 valence electrons. The highest BCUT2D eigenvalue weighted by molar-refractivity contribution is 5.59. The second kappa shape index (κ2) is 9.13. The summed E-state index contributed by atoms with van der Waals surface area (Å²) in [5.74, 6) is 8.50. The van der Waals surface area contributed by atoms with Crippen LogP contribution in [-0.2, 0) is 11.2 Å². The van der Waals surface area contributed by atoms with Crippen molar-refractivity contribution in [2.45, 2.75) is 32.1 Å². The molecule has 0 amide bonds. The zero-order chi connectivity index (χ0) is 21.9. The lowest BCUT2D eigenvalue weighted by atomic mass is 10.1. The van der Waals surface area contributed by atoms with E-state index in [0.717, 1.165) is 62.2 Å². The molecule has 2 aromatic heterocycles. The summed E-state index contributed by atoms with van der Waals surface area (Å²) in [4.78, 5) is 13.0. The van der Waals surface area contributed by atoms with Crippen LogP contribution < -0.4 is 16.5 Å². The summed E-state index contributed by atoms with van der Waals surface area (Å²) in [6.45, 7) is 6.73. The van der Waals surface area contributed by atoms with Crippen molar-refractivity contribution in [3.05, 3.63) is 53.3 Å². The summed E-state index contributed by atoms with van der Waals surface area (Å²) < 4.78 is 5.42. The van der Waals surface area contributed by atoms with E-state index in [0.29, 0.717) is 17.7 Å². The minimum absolute atomic E-state index is 0.541. The highest BCUT2D eigenvalue weighted by Crippen LogP contribution is 2.40. The normalized spacial score (nSPS) is 16.8. The molecule has 1 saturated carbocycles. The predicted octanol–water partition coefficient (Wildman–Crippen LogP) is 2.93. The molecule has 4 N–H and O–H groups in total. The van der Waals surface area contributed by atoms with Crippen LogP contribution in [0.3, 0.4) is 0 Å². The predicted molar refractivity (Wildman–Crippen MR) is 125 cm³/mol. The quantitative estimate of drug-likeness (QED) is 0.465. The Morgan fingerprint density at radius 3 is 2.59 bits per heavy atom. The number of morpholine rings is 1. The van der Waals surface area contributed by atoms with Crippen molar-refractivity contribution >= 4 is 23.3 Å². The largest absolute Gasteiger partial charge is 0.379 e. The van der Waals surface area contributed by atoms with E-state index < -0.39 is 0 Å². The number of benzene rings is 1. The number of rotatable bonds is 8. The van der Waals surface area contributed by atoms with E-state index in [1.54, 1.807) is 0 Å². The number of aryl methyl sites for hydroxylation is 1. The molecule has 0 spiro atoms. The third-order valence-electron chi connectivity index (χ3n) is 5.89. The van der Waals surface area contributed by atoms with E-state index in [1.807, 2.05) is 19.1 Å². The number of ether oxygens (including phenoxy) is 1. The molecule has 0 bridgehead atoms. The molecule has 5 rings (SSSR count). The molecular formula is C23H30N8O. The van der Waals surface area contributed by atoms with E-state index in [-0.39, 0.29) is 0 Å². The molecule has 32 heavy (non-hydrogen) atoms. The number of anilines is 4. The number of nitrogen functional groups attached to an aromatic ring is 1. The Bertz CT molecular complexity index is 1050. The second-order valence-electron chi connectivity index (χ2n) is 8.54. The Kier molecular flexibility index (Phi) is 5.91. The fourth-order valence-corrected chi connectivity index (χ4v) is 3.90. The summed E-state index contributed by atoms with van der Waals surface area (Å²) in [5, 5.41) is 11.0. The first-order valence-corrected chi connectivity index (χ1v) is 11.3. The van der Waals surface area contributed by atoms with Crippen LogP contribution >= 0.6 is 0 Å². The van der Waals surface area contributed by atoms with Gasteiger partial charge in [0.1, 0.15) is 5.82 Å². The second-order valence-corrected chi connectivity index (χ2v) is 8.54. The molecule has 0 radical (unpaired) electrons. The molecule has 1 aliphatic carbocycles. The van der Waals surface area contributed by atoms with Crippen LogP contribution in [0.5, 0.6) is 0 Å². The van der Waals surface area contributed by atoms with Gasteiger partial charge in [0.25, 0.3) is 0 Å². The van der Waals surface area contributed by atoms with Crippen LogP contribution in [0.4, 0.5) is 23.3 Å².